The molecule has 0 saturated heterocycles. The Balaban J connectivity index is 2.13. The van der Waals surface area contributed by atoms with Crippen molar-refractivity contribution >= 4 is 23.0 Å². The quantitative estimate of drug-likeness (QED) is 0.821. The molecule has 0 aliphatic rings. The zero-order valence-electron chi connectivity index (χ0n) is 11.0. The minimum absolute atomic E-state index is 0.175. The van der Waals surface area contributed by atoms with Crippen LogP contribution in [0.3, 0.4) is 0 Å². The van der Waals surface area contributed by atoms with Gasteiger partial charge in [0.25, 0.3) is 0 Å². The fourth-order valence-electron chi connectivity index (χ4n) is 1.88. The van der Waals surface area contributed by atoms with E-state index in [-0.39, 0.29) is 6.04 Å². The van der Waals surface area contributed by atoms with Crippen LogP contribution >= 0.6 is 12.2 Å². The molecular formula is C14H17N3OS. The van der Waals surface area contributed by atoms with Gasteiger partial charge in [-0.2, -0.15) is 0 Å². The van der Waals surface area contributed by atoms with Crippen LogP contribution in [0.4, 0.5) is 5.82 Å². The van der Waals surface area contributed by atoms with E-state index in [0.717, 1.165) is 29.3 Å². The van der Waals surface area contributed by atoms with E-state index in [1.54, 1.807) is 6.26 Å². The number of thiocarbonyl (C=S) groups is 1. The van der Waals surface area contributed by atoms with Crippen LogP contribution in [-0.4, -0.2) is 16.0 Å². The summed E-state index contributed by atoms with van der Waals surface area (Å²) in [4.78, 5) is 4.80. The summed E-state index contributed by atoms with van der Waals surface area (Å²) in [7, 11) is 0. The number of nitrogens with zero attached hydrogens (tertiary/aromatic N) is 1. The molecular weight excluding hydrogens is 258 g/mol. The number of anilines is 1. The summed E-state index contributed by atoms with van der Waals surface area (Å²) >= 11 is 5.04. The molecule has 5 heteroatoms. The molecule has 0 saturated carbocycles. The van der Waals surface area contributed by atoms with Crippen LogP contribution in [-0.2, 0) is 6.42 Å². The lowest BCUT2D eigenvalue weighted by Crippen LogP contribution is -2.22. The molecule has 4 nitrogen and oxygen atoms in total. The molecule has 2 heterocycles. The normalized spacial score (nSPS) is 12.1. The molecule has 2 rings (SSSR count). The van der Waals surface area contributed by atoms with E-state index in [9.17, 15) is 0 Å². The standard InChI is InChI=1S/C14H17N3OS/c1-9-5-6-12(13(15)19)14(16-9)17-10(2)8-11-4-3-7-18-11/h3-7,10H,8H2,1-2H3,(H2,15,19)(H,16,17). The van der Waals surface area contributed by atoms with Gasteiger partial charge in [-0.25, -0.2) is 4.98 Å². The summed E-state index contributed by atoms with van der Waals surface area (Å²) < 4.78 is 5.33. The number of hydrogen-bond donors (Lipinski definition) is 2. The third-order valence-corrected chi connectivity index (χ3v) is 2.99. The van der Waals surface area contributed by atoms with Crippen molar-refractivity contribution in [1.82, 2.24) is 4.98 Å². The average Bonchev–Trinajstić information content (AvgIpc) is 2.81. The Morgan fingerprint density at radius 3 is 2.89 bits per heavy atom. The van der Waals surface area contributed by atoms with Gasteiger partial charge in [0.05, 0.1) is 11.8 Å². The Bertz CT molecular complexity index is 566. The highest BCUT2D eigenvalue weighted by Gasteiger charge is 2.11. The molecule has 1 atom stereocenters. The fraction of sp³-hybridized carbons (Fsp3) is 0.286. The Morgan fingerprint density at radius 1 is 1.47 bits per heavy atom. The van der Waals surface area contributed by atoms with Gasteiger partial charge in [-0.1, -0.05) is 12.2 Å². The second-order valence-corrected chi connectivity index (χ2v) is 4.98. The predicted molar refractivity (Wildman–Crippen MR) is 80.4 cm³/mol. The van der Waals surface area contributed by atoms with Gasteiger partial charge >= 0.3 is 0 Å². The van der Waals surface area contributed by atoms with Crippen LogP contribution in [0.25, 0.3) is 0 Å². The van der Waals surface area contributed by atoms with Crippen LogP contribution < -0.4 is 11.1 Å². The van der Waals surface area contributed by atoms with Crippen molar-refractivity contribution in [3.05, 3.63) is 47.5 Å². The van der Waals surface area contributed by atoms with Gasteiger partial charge in [0.15, 0.2) is 0 Å². The van der Waals surface area contributed by atoms with E-state index in [1.165, 1.54) is 0 Å². The Kier molecular flexibility index (Phi) is 4.16. The van der Waals surface area contributed by atoms with Crippen LogP contribution in [0.15, 0.2) is 34.9 Å². The average molecular weight is 275 g/mol. The largest absolute Gasteiger partial charge is 0.469 e. The van der Waals surface area contributed by atoms with Crippen LogP contribution in [0.2, 0.25) is 0 Å². The predicted octanol–water partition coefficient (Wildman–Crippen LogP) is 2.66. The smallest absolute Gasteiger partial charge is 0.136 e. The second-order valence-electron chi connectivity index (χ2n) is 4.54. The zero-order chi connectivity index (χ0) is 13.8. The van der Waals surface area contributed by atoms with Gasteiger partial charge in [0.2, 0.25) is 0 Å². The first kappa shape index (κ1) is 13.5. The molecule has 1 unspecified atom stereocenters. The molecule has 19 heavy (non-hydrogen) atoms. The SMILES string of the molecule is Cc1ccc(C(N)=S)c(NC(C)Cc2ccco2)n1. The molecule has 3 N–H and O–H groups in total. The van der Waals surface area contributed by atoms with Crippen molar-refractivity contribution in [2.45, 2.75) is 26.3 Å². The molecule has 0 fully saturated rings. The third kappa shape index (κ3) is 3.54. The Morgan fingerprint density at radius 2 is 2.26 bits per heavy atom. The summed E-state index contributed by atoms with van der Waals surface area (Å²) in [5, 5.41) is 3.33. The molecule has 0 bridgehead atoms. The number of aromatic nitrogens is 1. The summed E-state index contributed by atoms with van der Waals surface area (Å²) in [6, 6.07) is 7.81. The monoisotopic (exact) mass is 275 g/mol. The molecule has 2 aromatic rings. The third-order valence-electron chi connectivity index (χ3n) is 2.77. The lowest BCUT2D eigenvalue weighted by atomic mass is 10.1. The van der Waals surface area contributed by atoms with E-state index in [2.05, 4.69) is 17.2 Å². The summed E-state index contributed by atoms with van der Waals surface area (Å²) in [6.07, 6.45) is 2.45. The van der Waals surface area contributed by atoms with E-state index < -0.39 is 0 Å². The van der Waals surface area contributed by atoms with E-state index in [1.807, 2.05) is 31.2 Å². The number of furan rings is 1. The van der Waals surface area contributed by atoms with Gasteiger partial charge in [-0.05, 0) is 38.1 Å². The second kappa shape index (κ2) is 5.84. The molecule has 0 aliphatic heterocycles. The van der Waals surface area contributed by atoms with Gasteiger partial charge in [-0.3, -0.25) is 0 Å². The van der Waals surface area contributed by atoms with Gasteiger partial charge in [-0.15, -0.1) is 0 Å². The van der Waals surface area contributed by atoms with Crippen molar-refractivity contribution in [3.8, 4) is 0 Å². The van der Waals surface area contributed by atoms with Crippen molar-refractivity contribution in [1.29, 1.82) is 0 Å². The van der Waals surface area contributed by atoms with E-state index in [4.69, 9.17) is 22.4 Å². The number of pyridine rings is 1. The Labute approximate surface area is 118 Å². The zero-order valence-corrected chi connectivity index (χ0v) is 11.8. The lowest BCUT2D eigenvalue weighted by molar-refractivity contribution is 0.497. The Hall–Kier alpha value is -1.88. The first-order valence-corrected chi connectivity index (χ1v) is 6.53. The minimum Gasteiger partial charge on any atom is -0.469 e. The maximum atomic E-state index is 5.71. The van der Waals surface area contributed by atoms with E-state index >= 15 is 0 Å². The van der Waals surface area contributed by atoms with Crippen LogP contribution in [0.1, 0.15) is 23.9 Å². The summed E-state index contributed by atoms with van der Waals surface area (Å²) in [6.45, 7) is 4.00. The maximum Gasteiger partial charge on any atom is 0.136 e. The topological polar surface area (TPSA) is 64.1 Å². The summed E-state index contributed by atoms with van der Waals surface area (Å²) in [5.41, 5.74) is 7.40. The van der Waals surface area contributed by atoms with Crippen molar-refractivity contribution in [2.75, 3.05) is 5.32 Å². The molecule has 0 aliphatic carbocycles. The molecule has 0 spiro atoms. The highest BCUT2D eigenvalue weighted by Crippen LogP contribution is 2.16. The maximum absolute atomic E-state index is 5.71. The number of nitrogens with one attached hydrogen (secondary N) is 1. The molecule has 2 aromatic heterocycles. The first-order valence-electron chi connectivity index (χ1n) is 6.12. The minimum atomic E-state index is 0.175. The van der Waals surface area contributed by atoms with Crippen molar-refractivity contribution < 1.29 is 4.42 Å². The number of rotatable bonds is 5. The van der Waals surface area contributed by atoms with Gasteiger partial charge in [0, 0.05) is 18.2 Å². The lowest BCUT2D eigenvalue weighted by Gasteiger charge is -2.16. The van der Waals surface area contributed by atoms with Crippen molar-refractivity contribution in [2.24, 2.45) is 5.73 Å². The first-order chi connectivity index (χ1) is 9.06. The number of nitrogens with two attached hydrogens (primary N) is 1. The molecule has 0 radical (unpaired) electrons. The summed E-state index contributed by atoms with van der Waals surface area (Å²) in [5.74, 6) is 1.66. The molecule has 0 aromatic carbocycles. The highest BCUT2D eigenvalue weighted by molar-refractivity contribution is 7.80. The highest BCUT2D eigenvalue weighted by atomic mass is 32.1. The molecule has 100 valence electrons. The fourth-order valence-corrected chi connectivity index (χ4v) is 2.05. The van der Waals surface area contributed by atoms with E-state index in [0.29, 0.717) is 4.99 Å². The van der Waals surface area contributed by atoms with Gasteiger partial charge in [0.1, 0.15) is 16.6 Å². The van der Waals surface area contributed by atoms with Crippen molar-refractivity contribution in [3.63, 3.8) is 0 Å². The van der Waals surface area contributed by atoms with Crippen LogP contribution in [0.5, 0.6) is 0 Å². The molecule has 0 amide bonds. The van der Waals surface area contributed by atoms with Crippen LogP contribution in [0, 0.1) is 6.92 Å². The number of hydrogen-bond acceptors (Lipinski definition) is 4. The van der Waals surface area contributed by atoms with Gasteiger partial charge < -0.3 is 15.5 Å². The number of aryl methyl sites for hydroxylation is 1.